The molecule has 0 fully saturated rings. The van der Waals surface area contributed by atoms with Gasteiger partial charge in [0.25, 0.3) is 5.91 Å². The molecule has 0 spiro atoms. The fourth-order valence-corrected chi connectivity index (χ4v) is 4.07. The molecule has 1 amide bonds. The summed E-state index contributed by atoms with van der Waals surface area (Å²) in [5.41, 5.74) is 4.23. The first-order valence-electron chi connectivity index (χ1n) is 7.04. The zero-order valence-corrected chi connectivity index (χ0v) is 17.5. The number of benzene rings is 2. The summed E-state index contributed by atoms with van der Waals surface area (Å²) in [6.45, 7) is 1.83. The van der Waals surface area contributed by atoms with Crippen molar-refractivity contribution in [2.45, 2.75) is 6.92 Å². The molecule has 0 radical (unpaired) electrons. The molecule has 0 saturated carbocycles. The number of ether oxygens (including phenoxy) is 2. The molecule has 24 heavy (non-hydrogen) atoms. The molecular formula is C17H16I2N2O3. The van der Waals surface area contributed by atoms with Gasteiger partial charge in [0.2, 0.25) is 0 Å². The molecule has 5 nitrogen and oxygen atoms in total. The van der Waals surface area contributed by atoms with Crippen molar-refractivity contribution in [3.63, 3.8) is 0 Å². The lowest BCUT2D eigenvalue weighted by Gasteiger charge is -2.08. The van der Waals surface area contributed by atoms with Gasteiger partial charge < -0.3 is 9.47 Å². The van der Waals surface area contributed by atoms with Gasteiger partial charge in [-0.25, -0.2) is 5.43 Å². The monoisotopic (exact) mass is 550 g/mol. The van der Waals surface area contributed by atoms with Crippen LogP contribution in [0.4, 0.5) is 0 Å². The van der Waals surface area contributed by atoms with Gasteiger partial charge in [-0.05, 0) is 75.9 Å². The number of halogens is 2. The van der Waals surface area contributed by atoms with Crippen molar-refractivity contribution in [1.29, 1.82) is 0 Å². The summed E-state index contributed by atoms with van der Waals surface area (Å²) in [6, 6.07) is 11.5. The Kier molecular flexibility index (Phi) is 7.28. The number of carbonyl (C=O) groups excluding carboxylic acids is 1. The first-order valence-corrected chi connectivity index (χ1v) is 9.20. The number of carbonyl (C=O) groups is 1. The Morgan fingerprint density at radius 1 is 1.29 bits per heavy atom. The fourth-order valence-electron chi connectivity index (χ4n) is 1.96. The molecule has 0 saturated heterocycles. The summed E-state index contributed by atoms with van der Waals surface area (Å²) in [6.07, 6.45) is 1.56. The van der Waals surface area contributed by atoms with Crippen LogP contribution in [0.15, 0.2) is 41.5 Å². The lowest BCUT2D eigenvalue weighted by molar-refractivity contribution is -0.123. The molecular weight excluding hydrogens is 534 g/mol. The highest BCUT2D eigenvalue weighted by Crippen LogP contribution is 2.26. The molecule has 0 aliphatic heterocycles. The number of nitrogens with zero attached hydrogens (tertiary/aromatic N) is 1. The highest BCUT2D eigenvalue weighted by molar-refractivity contribution is 14.1. The standard InChI is InChI=1S/C17H16I2N2O3/c1-11-5-3-4-6-15(11)24-10-16(22)21-20-9-12-7-13(18)8-14(19)17(12)23-2/h3-9H,10H2,1-2H3,(H,21,22)/b20-9+. The summed E-state index contributed by atoms with van der Waals surface area (Å²) in [4.78, 5) is 11.8. The average Bonchev–Trinajstić information content (AvgIpc) is 2.54. The van der Waals surface area contributed by atoms with E-state index in [4.69, 9.17) is 9.47 Å². The van der Waals surface area contributed by atoms with Gasteiger partial charge in [0.1, 0.15) is 11.5 Å². The van der Waals surface area contributed by atoms with Crippen molar-refractivity contribution in [3.8, 4) is 11.5 Å². The molecule has 0 aliphatic rings. The van der Waals surface area contributed by atoms with Gasteiger partial charge in [-0.3, -0.25) is 4.79 Å². The van der Waals surface area contributed by atoms with E-state index in [2.05, 4.69) is 55.7 Å². The lowest BCUT2D eigenvalue weighted by atomic mass is 10.2. The molecule has 1 N–H and O–H groups in total. The van der Waals surface area contributed by atoms with Gasteiger partial charge in [0, 0.05) is 9.13 Å². The largest absolute Gasteiger partial charge is 0.495 e. The lowest BCUT2D eigenvalue weighted by Crippen LogP contribution is -2.24. The van der Waals surface area contributed by atoms with Crippen molar-refractivity contribution in [1.82, 2.24) is 5.43 Å². The van der Waals surface area contributed by atoms with Crippen molar-refractivity contribution in [3.05, 3.63) is 54.7 Å². The summed E-state index contributed by atoms with van der Waals surface area (Å²) in [7, 11) is 1.61. The Bertz CT molecular complexity index is 763. The number of hydrogen-bond acceptors (Lipinski definition) is 4. The van der Waals surface area contributed by atoms with Gasteiger partial charge in [-0.15, -0.1) is 0 Å². The van der Waals surface area contributed by atoms with E-state index in [1.807, 2.05) is 43.3 Å². The Morgan fingerprint density at radius 3 is 2.75 bits per heavy atom. The predicted molar refractivity (Wildman–Crippen MR) is 111 cm³/mol. The topological polar surface area (TPSA) is 59.9 Å². The molecule has 0 atom stereocenters. The fraction of sp³-hybridized carbons (Fsp3) is 0.176. The van der Waals surface area contributed by atoms with Crippen LogP contribution in [-0.2, 0) is 4.79 Å². The molecule has 126 valence electrons. The SMILES string of the molecule is COc1c(I)cc(I)cc1/C=N/NC(=O)COc1ccccc1C. The number of rotatable bonds is 6. The van der Waals surface area contributed by atoms with Crippen LogP contribution in [-0.4, -0.2) is 25.8 Å². The first-order chi connectivity index (χ1) is 11.5. The van der Waals surface area contributed by atoms with E-state index in [0.29, 0.717) is 5.75 Å². The number of hydrogen-bond donors (Lipinski definition) is 1. The molecule has 7 heteroatoms. The molecule has 2 aromatic rings. The Morgan fingerprint density at radius 2 is 2.04 bits per heavy atom. The number of nitrogens with one attached hydrogen (secondary N) is 1. The van der Waals surface area contributed by atoms with Crippen molar-refractivity contribution >= 4 is 57.3 Å². The van der Waals surface area contributed by atoms with E-state index < -0.39 is 0 Å². The molecule has 0 heterocycles. The van der Waals surface area contributed by atoms with E-state index in [0.717, 1.165) is 24.0 Å². The minimum Gasteiger partial charge on any atom is -0.495 e. The second-order valence-corrected chi connectivity index (χ2v) is 7.27. The Hall–Kier alpha value is -1.36. The van der Waals surface area contributed by atoms with Crippen LogP contribution in [0.3, 0.4) is 0 Å². The van der Waals surface area contributed by atoms with E-state index in [1.54, 1.807) is 13.3 Å². The Balaban J connectivity index is 1.94. The molecule has 0 bridgehead atoms. The van der Waals surface area contributed by atoms with E-state index >= 15 is 0 Å². The van der Waals surface area contributed by atoms with Gasteiger partial charge in [0.05, 0.1) is 16.9 Å². The molecule has 0 unspecified atom stereocenters. The van der Waals surface area contributed by atoms with E-state index in [-0.39, 0.29) is 12.5 Å². The second kappa shape index (κ2) is 9.21. The number of amides is 1. The van der Waals surface area contributed by atoms with Gasteiger partial charge >= 0.3 is 0 Å². The van der Waals surface area contributed by atoms with Crippen LogP contribution < -0.4 is 14.9 Å². The third-order valence-corrected chi connectivity index (χ3v) is 4.51. The van der Waals surface area contributed by atoms with Gasteiger partial charge in [0.15, 0.2) is 6.61 Å². The van der Waals surface area contributed by atoms with Crippen molar-refractivity contribution in [2.75, 3.05) is 13.7 Å². The number of aryl methyl sites for hydroxylation is 1. The van der Waals surface area contributed by atoms with Crippen LogP contribution in [0, 0.1) is 14.1 Å². The van der Waals surface area contributed by atoms with Crippen LogP contribution in [0.25, 0.3) is 0 Å². The highest BCUT2D eigenvalue weighted by atomic mass is 127. The normalized spacial score (nSPS) is 10.7. The zero-order chi connectivity index (χ0) is 17.5. The minimum absolute atomic E-state index is 0.0941. The maximum atomic E-state index is 11.8. The number of hydrazone groups is 1. The Labute approximate surface area is 168 Å². The quantitative estimate of drug-likeness (QED) is 0.339. The van der Waals surface area contributed by atoms with Crippen molar-refractivity contribution in [2.24, 2.45) is 5.10 Å². The van der Waals surface area contributed by atoms with Crippen molar-refractivity contribution < 1.29 is 14.3 Å². The average molecular weight is 550 g/mol. The molecule has 2 rings (SSSR count). The predicted octanol–water partition coefficient (Wildman–Crippen LogP) is 3.74. The number of para-hydroxylation sites is 1. The van der Waals surface area contributed by atoms with Crippen LogP contribution in [0.2, 0.25) is 0 Å². The van der Waals surface area contributed by atoms with Gasteiger partial charge in [-0.1, -0.05) is 18.2 Å². The van der Waals surface area contributed by atoms with Crippen LogP contribution >= 0.6 is 45.2 Å². The minimum atomic E-state index is -0.325. The molecule has 2 aromatic carbocycles. The molecule has 0 aliphatic carbocycles. The second-order valence-electron chi connectivity index (χ2n) is 4.86. The summed E-state index contributed by atoms with van der Waals surface area (Å²) >= 11 is 4.42. The third kappa shape index (κ3) is 5.33. The van der Waals surface area contributed by atoms with Crippen LogP contribution in [0.5, 0.6) is 11.5 Å². The summed E-state index contributed by atoms with van der Waals surface area (Å²) < 4.78 is 12.9. The maximum Gasteiger partial charge on any atom is 0.277 e. The van der Waals surface area contributed by atoms with E-state index in [9.17, 15) is 4.79 Å². The summed E-state index contributed by atoms with van der Waals surface area (Å²) in [5, 5.41) is 3.98. The van der Waals surface area contributed by atoms with Gasteiger partial charge in [-0.2, -0.15) is 5.10 Å². The molecule has 0 aromatic heterocycles. The smallest absolute Gasteiger partial charge is 0.277 e. The first kappa shape index (κ1) is 19.0. The van der Waals surface area contributed by atoms with E-state index in [1.165, 1.54) is 0 Å². The zero-order valence-electron chi connectivity index (χ0n) is 13.2. The summed E-state index contributed by atoms with van der Waals surface area (Å²) in [5.74, 6) is 1.09. The highest BCUT2D eigenvalue weighted by Gasteiger charge is 2.08. The number of methoxy groups -OCH3 is 1. The van der Waals surface area contributed by atoms with Crippen LogP contribution in [0.1, 0.15) is 11.1 Å². The maximum absolute atomic E-state index is 11.8. The third-order valence-electron chi connectivity index (χ3n) is 3.09.